The Morgan fingerprint density at radius 3 is 2.55 bits per heavy atom. The number of amides is 1. The first kappa shape index (κ1) is 22.4. The quantitative estimate of drug-likeness (QED) is 0.745. The average Bonchev–Trinajstić information content (AvgIpc) is 2.84. The first-order valence-corrected chi connectivity index (χ1v) is 11.9. The maximum absolute atomic E-state index is 13.2. The number of anilines is 1. The fourth-order valence-corrected chi connectivity index (χ4v) is 5.06. The minimum atomic E-state index is -0.724. The molecule has 31 heavy (non-hydrogen) atoms. The Bertz CT molecular complexity index is 717. The van der Waals surface area contributed by atoms with Crippen LogP contribution in [0, 0.1) is 0 Å². The number of rotatable bonds is 6. The predicted octanol–water partition coefficient (Wildman–Crippen LogP) is 2.13. The van der Waals surface area contributed by atoms with Crippen LogP contribution in [0.5, 0.6) is 5.75 Å². The van der Waals surface area contributed by atoms with E-state index in [1.807, 2.05) is 23.1 Å². The highest BCUT2D eigenvalue weighted by molar-refractivity contribution is 5.82. The van der Waals surface area contributed by atoms with E-state index in [1.54, 1.807) is 7.11 Å². The molecule has 3 fully saturated rings. The SMILES string of the molecule is COc1ccccc1N1CCN(C(=O)[C@H]2O[C@H](CCN3CCCCC3)CC[C@@H]2O)CC1. The van der Waals surface area contributed by atoms with Crippen LogP contribution in [0.25, 0.3) is 0 Å². The molecule has 3 atom stereocenters. The van der Waals surface area contributed by atoms with E-state index >= 15 is 0 Å². The van der Waals surface area contributed by atoms with Crippen LogP contribution in [0.2, 0.25) is 0 Å². The van der Waals surface area contributed by atoms with Crippen molar-refractivity contribution >= 4 is 11.6 Å². The van der Waals surface area contributed by atoms with Crippen LogP contribution in [-0.2, 0) is 9.53 Å². The maximum Gasteiger partial charge on any atom is 0.254 e. The third kappa shape index (κ3) is 5.51. The van der Waals surface area contributed by atoms with Gasteiger partial charge < -0.3 is 29.3 Å². The van der Waals surface area contributed by atoms with Gasteiger partial charge in [-0.15, -0.1) is 0 Å². The normalized spacial score (nSPS) is 27.9. The van der Waals surface area contributed by atoms with Gasteiger partial charge in [0.05, 0.1) is 25.0 Å². The molecule has 1 amide bonds. The lowest BCUT2D eigenvalue weighted by atomic mass is 9.97. The summed E-state index contributed by atoms with van der Waals surface area (Å²) in [5.74, 6) is 0.791. The van der Waals surface area contributed by atoms with E-state index in [2.05, 4.69) is 15.9 Å². The van der Waals surface area contributed by atoms with E-state index < -0.39 is 12.2 Å². The number of hydrogen-bond acceptors (Lipinski definition) is 6. The van der Waals surface area contributed by atoms with E-state index in [0.29, 0.717) is 19.5 Å². The van der Waals surface area contributed by atoms with Gasteiger partial charge in [-0.2, -0.15) is 0 Å². The Morgan fingerprint density at radius 2 is 1.81 bits per heavy atom. The topological polar surface area (TPSA) is 65.5 Å². The molecule has 1 aromatic rings. The number of benzene rings is 1. The van der Waals surface area contributed by atoms with Gasteiger partial charge in [-0.1, -0.05) is 18.6 Å². The Balaban J connectivity index is 1.29. The zero-order chi connectivity index (χ0) is 21.6. The highest BCUT2D eigenvalue weighted by Gasteiger charge is 2.38. The molecule has 0 aromatic heterocycles. The lowest BCUT2D eigenvalue weighted by Crippen LogP contribution is -2.56. The summed E-state index contributed by atoms with van der Waals surface area (Å²) in [5, 5.41) is 10.5. The predicted molar refractivity (Wildman–Crippen MR) is 121 cm³/mol. The molecule has 7 nitrogen and oxygen atoms in total. The largest absolute Gasteiger partial charge is 0.495 e. The van der Waals surface area contributed by atoms with E-state index in [-0.39, 0.29) is 12.0 Å². The Morgan fingerprint density at radius 1 is 1.06 bits per heavy atom. The van der Waals surface area contributed by atoms with Gasteiger partial charge in [-0.05, 0) is 57.3 Å². The van der Waals surface area contributed by atoms with Crippen molar-refractivity contribution in [3.63, 3.8) is 0 Å². The van der Waals surface area contributed by atoms with Gasteiger partial charge in [-0.25, -0.2) is 0 Å². The molecule has 172 valence electrons. The van der Waals surface area contributed by atoms with E-state index in [4.69, 9.17) is 9.47 Å². The number of hydrogen-bond donors (Lipinski definition) is 1. The smallest absolute Gasteiger partial charge is 0.254 e. The fraction of sp³-hybridized carbons (Fsp3) is 0.708. The molecule has 0 aliphatic carbocycles. The number of para-hydroxylation sites is 2. The summed E-state index contributed by atoms with van der Waals surface area (Å²) in [5.41, 5.74) is 1.06. The van der Waals surface area contributed by atoms with Gasteiger partial charge in [0.2, 0.25) is 0 Å². The highest BCUT2D eigenvalue weighted by atomic mass is 16.5. The second-order valence-corrected chi connectivity index (χ2v) is 9.00. The summed E-state index contributed by atoms with van der Waals surface area (Å²) in [6.07, 6.45) is 4.96. The van der Waals surface area contributed by atoms with Crippen LogP contribution in [0.15, 0.2) is 24.3 Å². The molecular formula is C24H37N3O4. The van der Waals surface area contributed by atoms with Gasteiger partial charge >= 0.3 is 0 Å². The monoisotopic (exact) mass is 431 g/mol. The van der Waals surface area contributed by atoms with Crippen LogP contribution in [-0.4, -0.2) is 92.0 Å². The summed E-state index contributed by atoms with van der Waals surface area (Å²) in [7, 11) is 1.68. The minimum absolute atomic E-state index is 0.0603. The summed E-state index contributed by atoms with van der Waals surface area (Å²) >= 11 is 0. The molecule has 0 radical (unpaired) electrons. The van der Waals surface area contributed by atoms with Crippen molar-refractivity contribution in [1.29, 1.82) is 0 Å². The van der Waals surface area contributed by atoms with Crippen LogP contribution in [0.4, 0.5) is 5.69 Å². The highest BCUT2D eigenvalue weighted by Crippen LogP contribution is 2.29. The van der Waals surface area contributed by atoms with Gasteiger partial charge in [-0.3, -0.25) is 4.79 Å². The van der Waals surface area contributed by atoms with Crippen molar-refractivity contribution in [1.82, 2.24) is 9.80 Å². The molecule has 3 saturated heterocycles. The van der Waals surface area contributed by atoms with Crippen molar-refractivity contribution in [2.45, 2.75) is 56.8 Å². The van der Waals surface area contributed by atoms with E-state index in [1.165, 1.54) is 32.4 Å². The Kier molecular flexibility index (Phi) is 7.69. The Labute approximate surface area is 185 Å². The van der Waals surface area contributed by atoms with Crippen LogP contribution >= 0.6 is 0 Å². The molecule has 4 rings (SSSR count). The van der Waals surface area contributed by atoms with Crippen LogP contribution in [0.1, 0.15) is 38.5 Å². The average molecular weight is 432 g/mol. The minimum Gasteiger partial charge on any atom is -0.495 e. The van der Waals surface area contributed by atoms with Crippen LogP contribution in [0.3, 0.4) is 0 Å². The number of piperazine rings is 1. The number of likely N-dealkylation sites (tertiary alicyclic amines) is 1. The van der Waals surface area contributed by atoms with Crippen molar-refractivity contribution in [2.75, 3.05) is 57.8 Å². The molecule has 0 unspecified atom stereocenters. The molecular weight excluding hydrogens is 394 g/mol. The number of nitrogens with zero attached hydrogens (tertiary/aromatic N) is 3. The van der Waals surface area contributed by atoms with Crippen molar-refractivity contribution < 1.29 is 19.4 Å². The number of carbonyl (C=O) groups is 1. The number of methoxy groups -OCH3 is 1. The fourth-order valence-electron chi connectivity index (χ4n) is 5.06. The molecule has 1 aromatic carbocycles. The summed E-state index contributed by atoms with van der Waals surface area (Å²) in [6, 6.07) is 7.98. The molecule has 0 spiro atoms. The zero-order valence-corrected chi connectivity index (χ0v) is 18.7. The number of piperidine rings is 1. The summed E-state index contributed by atoms with van der Waals surface area (Å²) in [4.78, 5) is 19.8. The number of ether oxygens (including phenoxy) is 2. The first-order valence-electron chi connectivity index (χ1n) is 11.9. The zero-order valence-electron chi connectivity index (χ0n) is 18.7. The molecule has 3 heterocycles. The van der Waals surface area contributed by atoms with Gasteiger partial charge in [0.1, 0.15) is 5.75 Å². The third-order valence-corrected chi connectivity index (χ3v) is 6.95. The molecule has 0 saturated carbocycles. The number of aliphatic hydroxyl groups excluding tert-OH is 1. The summed E-state index contributed by atoms with van der Waals surface area (Å²) in [6.45, 7) is 6.12. The molecule has 1 N–H and O–H groups in total. The van der Waals surface area contributed by atoms with Gasteiger partial charge in [0, 0.05) is 32.7 Å². The number of aliphatic hydroxyl groups is 1. The second kappa shape index (κ2) is 10.7. The van der Waals surface area contributed by atoms with Crippen molar-refractivity contribution in [3.05, 3.63) is 24.3 Å². The number of carbonyl (C=O) groups excluding carboxylic acids is 1. The maximum atomic E-state index is 13.2. The third-order valence-electron chi connectivity index (χ3n) is 6.95. The lowest BCUT2D eigenvalue weighted by molar-refractivity contribution is -0.168. The van der Waals surface area contributed by atoms with E-state index in [0.717, 1.165) is 43.9 Å². The summed E-state index contributed by atoms with van der Waals surface area (Å²) < 4.78 is 11.6. The molecule has 7 heteroatoms. The lowest BCUT2D eigenvalue weighted by Gasteiger charge is -2.40. The Hall–Kier alpha value is -1.83. The standard InChI is InChI=1S/C24H37N3O4/c1-30-22-8-4-3-7-20(22)26-15-17-27(18-16-26)24(29)23-21(28)10-9-19(31-23)11-14-25-12-5-2-6-13-25/h3-4,7-8,19,21,23,28H,2,5-6,9-18H2,1H3/t19-,21-,23-/m0/s1. The van der Waals surface area contributed by atoms with Crippen molar-refractivity contribution in [3.8, 4) is 5.75 Å². The van der Waals surface area contributed by atoms with Gasteiger partial charge in [0.15, 0.2) is 6.10 Å². The first-order chi connectivity index (χ1) is 15.2. The molecule has 3 aliphatic rings. The van der Waals surface area contributed by atoms with E-state index in [9.17, 15) is 9.90 Å². The van der Waals surface area contributed by atoms with Crippen LogP contribution < -0.4 is 9.64 Å². The van der Waals surface area contributed by atoms with Crippen molar-refractivity contribution in [2.24, 2.45) is 0 Å². The van der Waals surface area contributed by atoms with Gasteiger partial charge in [0.25, 0.3) is 5.91 Å². The molecule has 3 aliphatic heterocycles. The molecule has 0 bridgehead atoms. The second-order valence-electron chi connectivity index (χ2n) is 9.00.